The van der Waals surface area contributed by atoms with Gasteiger partial charge in [-0.2, -0.15) is 5.26 Å². The van der Waals surface area contributed by atoms with Gasteiger partial charge in [-0.25, -0.2) is 0 Å². The lowest BCUT2D eigenvalue weighted by atomic mass is 9.94. The number of nitriles is 1. The average Bonchev–Trinajstić information content (AvgIpc) is 2.46. The summed E-state index contributed by atoms with van der Waals surface area (Å²) in [6.07, 6.45) is -0.0341. The van der Waals surface area contributed by atoms with Crippen LogP contribution in [-0.4, -0.2) is 37.2 Å². The number of likely N-dealkylation sites (N-methyl/N-ethyl adjacent to an activating group) is 1. The fourth-order valence-corrected chi connectivity index (χ4v) is 2.59. The van der Waals surface area contributed by atoms with Gasteiger partial charge in [0.2, 0.25) is 0 Å². The van der Waals surface area contributed by atoms with Crippen molar-refractivity contribution in [3.05, 3.63) is 35.4 Å². The lowest BCUT2D eigenvalue weighted by Crippen LogP contribution is -2.48. The second-order valence-corrected chi connectivity index (χ2v) is 4.42. The van der Waals surface area contributed by atoms with E-state index in [2.05, 4.69) is 17.9 Å². The maximum Gasteiger partial charge on any atom is 0.0995 e. The van der Waals surface area contributed by atoms with E-state index < -0.39 is 0 Å². The highest BCUT2D eigenvalue weighted by molar-refractivity contribution is 5.40. The van der Waals surface area contributed by atoms with E-state index in [0.717, 1.165) is 18.7 Å². The minimum atomic E-state index is -0.0341. The lowest BCUT2D eigenvalue weighted by molar-refractivity contribution is -0.0659. The number of morpholine rings is 1. The zero-order chi connectivity index (χ0) is 13.0. The third kappa shape index (κ3) is 2.39. The molecule has 1 heterocycles. The average molecular weight is 245 g/mol. The third-order valence-electron chi connectivity index (χ3n) is 3.49. The Morgan fingerprint density at radius 3 is 2.94 bits per heavy atom. The number of hydrogen-bond donors (Lipinski definition) is 1. The maximum absolute atomic E-state index is 9.23. The molecule has 0 aliphatic carbocycles. The van der Waals surface area contributed by atoms with Gasteiger partial charge in [-0.1, -0.05) is 25.1 Å². The van der Waals surface area contributed by atoms with Crippen LogP contribution >= 0.6 is 0 Å². The Hall–Kier alpha value is -1.41. The molecule has 0 aromatic heterocycles. The molecule has 0 radical (unpaired) electrons. The van der Waals surface area contributed by atoms with Crippen molar-refractivity contribution in [2.45, 2.75) is 19.1 Å². The predicted molar refractivity (Wildman–Crippen MR) is 69.9 cm³/mol. The van der Waals surface area contributed by atoms with Gasteiger partial charge in [0, 0.05) is 13.1 Å². The first-order valence-corrected chi connectivity index (χ1v) is 6.36. The number of ether oxygens (including phenoxy) is 1. The third-order valence-corrected chi connectivity index (χ3v) is 3.49. The minimum Gasteiger partial charge on any atom is -0.374 e. The van der Waals surface area contributed by atoms with Gasteiger partial charge in [0.15, 0.2) is 0 Å². The van der Waals surface area contributed by atoms with E-state index >= 15 is 0 Å². The number of rotatable bonds is 3. The summed E-state index contributed by atoms with van der Waals surface area (Å²) in [5.41, 5.74) is 7.54. The summed E-state index contributed by atoms with van der Waals surface area (Å²) >= 11 is 0. The molecule has 2 atom stereocenters. The topological polar surface area (TPSA) is 62.3 Å². The Labute approximate surface area is 108 Å². The molecule has 1 aliphatic rings. The Morgan fingerprint density at radius 2 is 2.28 bits per heavy atom. The van der Waals surface area contributed by atoms with Gasteiger partial charge in [0.05, 0.1) is 30.4 Å². The van der Waals surface area contributed by atoms with Crippen LogP contribution in [0.1, 0.15) is 24.1 Å². The molecule has 4 nitrogen and oxygen atoms in total. The van der Waals surface area contributed by atoms with Crippen LogP contribution in [0.2, 0.25) is 0 Å². The molecule has 1 aromatic carbocycles. The predicted octanol–water partition coefficient (Wildman–Crippen LogP) is 1.28. The van der Waals surface area contributed by atoms with Gasteiger partial charge in [0.25, 0.3) is 0 Å². The van der Waals surface area contributed by atoms with Crippen molar-refractivity contribution >= 4 is 0 Å². The molecule has 0 bridgehead atoms. The van der Waals surface area contributed by atoms with Crippen molar-refractivity contribution in [3.63, 3.8) is 0 Å². The van der Waals surface area contributed by atoms with Crippen LogP contribution in [0.25, 0.3) is 0 Å². The second kappa shape index (κ2) is 5.96. The maximum atomic E-state index is 9.23. The van der Waals surface area contributed by atoms with Gasteiger partial charge in [0.1, 0.15) is 0 Å². The summed E-state index contributed by atoms with van der Waals surface area (Å²) in [5.74, 6) is 0. The Morgan fingerprint density at radius 1 is 1.50 bits per heavy atom. The van der Waals surface area contributed by atoms with Gasteiger partial charge in [-0.3, -0.25) is 4.90 Å². The highest BCUT2D eigenvalue weighted by atomic mass is 16.5. The van der Waals surface area contributed by atoms with Crippen molar-refractivity contribution in [2.75, 3.05) is 26.2 Å². The molecule has 0 amide bonds. The monoisotopic (exact) mass is 245 g/mol. The highest BCUT2D eigenvalue weighted by Gasteiger charge is 2.33. The number of nitrogens with two attached hydrogens (primary N) is 1. The number of benzene rings is 1. The summed E-state index contributed by atoms with van der Waals surface area (Å²) in [6.45, 7) is 5.13. The summed E-state index contributed by atoms with van der Waals surface area (Å²) in [5, 5.41) is 9.23. The molecule has 0 saturated carbocycles. The summed E-state index contributed by atoms with van der Waals surface area (Å²) < 4.78 is 5.75. The normalized spacial score (nSPS) is 24.7. The molecule has 4 heteroatoms. The molecule has 18 heavy (non-hydrogen) atoms. The van der Waals surface area contributed by atoms with Crippen molar-refractivity contribution in [1.29, 1.82) is 5.26 Å². The molecule has 1 saturated heterocycles. The first-order chi connectivity index (χ1) is 8.81. The molecule has 2 rings (SSSR count). The second-order valence-electron chi connectivity index (χ2n) is 4.42. The van der Waals surface area contributed by atoms with Crippen LogP contribution in [0.3, 0.4) is 0 Å². The van der Waals surface area contributed by atoms with Crippen LogP contribution in [0.5, 0.6) is 0 Å². The highest BCUT2D eigenvalue weighted by Crippen LogP contribution is 2.30. The SMILES string of the molecule is CCN1CCOC(CN)C1c1ccccc1C#N. The molecular formula is C14H19N3O. The van der Waals surface area contributed by atoms with E-state index in [4.69, 9.17) is 10.5 Å². The van der Waals surface area contributed by atoms with Crippen LogP contribution in [-0.2, 0) is 4.74 Å². The number of hydrogen-bond acceptors (Lipinski definition) is 4. The van der Waals surface area contributed by atoms with E-state index in [9.17, 15) is 5.26 Å². The Balaban J connectivity index is 2.40. The van der Waals surface area contributed by atoms with Gasteiger partial charge in [-0.05, 0) is 18.2 Å². The van der Waals surface area contributed by atoms with E-state index in [1.807, 2.05) is 24.3 Å². The van der Waals surface area contributed by atoms with Crippen molar-refractivity contribution in [1.82, 2.24) is 4.90 Å². The van der Waals surface area contributed by atoms with Gasteiger partial charge >= 0.3 is 0 Å². The molecule has 96 valence electrons. The fourth-order valence-electron chi connectivity index (χ4n) is 2.59. The molecule has 1 fully saturated rings. The van der Waals surface area contributed by atoms with E-state index in [-0.39, 0.29) is 12.1 Å². The van der Waals surface area contributed by atoms with Crippen LogP contribution in [0, 0.1) is 11.3 Å². The first kappa shape index (κ1) is 13.0. The van der Waals surface area contributed by atoms with Crippen LogP contribution in [0.4, 0.5) is 0 Å². The van der Waals surface area contributed by atoms with Crippen molar-refractivity contribution < 1.29 is 4.74 Å². The molecule has 2 N–H and O–H groups in total. The van der Waals surface area contributed by atoms with Crippen LogP contribution < -0.4 is 5.73 Å². The van der Waals surface area contributed by atoms with E-state index in [1.165, 1.54) is 0 Å². The summed E-state index contributed by atoms with van der Waals surface area (Å²) in [7, 11) is 0. The molecule has 0 spiro atoms. The van der Waals surface area contributed by atoms with E-state index in [0.29, 0.717) is 18.7 Å². The molecular weight excluding hydrogens is 226 g/mol. The zero-order valence-corrected chi connectivity index (χ0v) is 10.7. The fraction of sp³-hybridized carbons (Fsp3) is 0.500. The van der Waals surface area contributed by atoms with Crippen LogP contribution in [0.15, 0.2) is 24.3 Å². The smallest absolute Gasteiger partial charge is 0.0995 e. The summed E-state index contributed by atoms with van der Waals surface area (Å²) in [6, 6.07) is 10.1. The molecule has 1 aromatic rings. The lowest BCUT2D eigenvalue weighted by Gasteiger charge is -2.41. The van der Waals surface area contributed by atoms with Crippen molar-refractivity contribution in [2.24, 2.45) is 5.73 Å². The summed E-state index contributed by atoms with van der Waals surface area (Å²) in [4.78, 5) is 2.33. The minimum absolute atomic E-state index is 0.0341. The Kier molecular flexibility index (Phi) is 4.32. The standard InChI is InChI=1S/C14H19N3O/c1-2-17-7-8-18-13(10-16)14(17)12-6-4-3-5-11(12)9-15/h3-6,13-14H,2,7-8,10,16H2,1H3. The largest absolute Gasteiger partial charge is 0.374 e. The zero-order valence-electron chi connectivity index (χ0n) is 10.7. The quantitative estimate of drug-likeness (QED) is 0.871. The number of nitrogens with zero attached hydrogens (tertiary/aromatic N) is 2. The molecule has 1 aliphatic heterocycles. The van der Waals surface area contributed by atoms with Crippen molar-refractivity contribution in [3.8, 4) is 6.07 Å². The Bertz CT molecular complexity index is 429. The van der Waals surface area contributed by atoms with Gasteiger partial charge in [-0.15, -0.1) is 0 Å². The van der Waals surface area contributed by atoms with E-state index in [1.54, 1.807) is 0 Å². The first-order valence-electron chi connectivity index (χ1n) is 6.36. The van der Waals surface area contributed by atoms with Gasteiger partial charge < -0.3 is 10.5 Å². The molecule has 2 unspecified atom stereocenters.